The summed E-state index contributed by atoms with van der Waals surface area (Å²) in [5.41, 5.74) is 0. The zero-order chi connectivity index (χ0) is 14.6. The van der Waals surface area contributed by atoms with Crippen LogP contribution in [0.2, 0.25) is 39.3 Å². The molecule has 0 aromatic heterocycles. The second-order valence-corrected chi connectivity index (χ2v) is 14.9. The van der Waals surface area contributed by atoms with Crippen LogP contribution in [0.5, 0.6) is 0 Å². The summed E-state index contributed by atoms with van der Waals surface area (Å²) in [6.07, 6.45) is 1.59. The number of carbonyl (C=O) groups excluding carboxylic acids is 1. The van der Waals surface area contributed by atoms with Gasteiger partial charge in [-0.2, -0.15) is 0 Å². The molecule has 0 aliphatic heterocycles. The Labute approximate surface area is 113 Å². The third kappa shape index (κ3) is 7.10. The first-order valence-corrected chi connectivity index (χ1v) is 13.0. The molecule has 0 aromatic carbocycles. The molecule has 0 atom stereocenters. The molecule has 0 aromatic rings. The molecule has 0 radical (unpaired) electrons. The molecule has 106 valence electrons. The van der Waals surface area contributed by atoms with E-state index in [1.165, 1.54) is 0 Å². The lowest BCUT2D eigenvalue weighted by molar-refractivity contribution is -0.293. The first-order chi connectivity index (χ1) is 7.93. The summed E-state index contributed by atoms with van der Waals surface area (Å²) in [4.78, 5) is 11.5. The maximum absolute atomic E-state index is 11.5. The number of hydrogen-bond donors (Lipinski definition) is 0. The fourth-order valence-corrected chi connectivity index (χ4v) is 3.81. The average Bonchev–Trinajstić information content (AvgIpc) is 2.12. The van der Waals surface area contributed by atoms with Crippen LogP contribution in [0.25, 0.3) is 0 Å². The molecule has 0 saturated carbocycles. The van der Waals surface area contributed by atoms with E-state index in [1.54, 1.807) is 0 Å². The van der Waals surface area contributed by atoms with Crippen molar-refractivity contribution in [1.29, 1.82) is 0 Å². The van der Waals surface area contributed by atoms with E-state index in [2.05, 4.69) is 6.58 Å². The van der Waals surface area contributed by atoms with E-state index >= 15 is 0 Å². The van der Waals surface area contributed by atoms with Gasteiger partial charge in [-0.25, -0.2) is 4.79 Å². The Morgan fingerprint density at radius 2 is 1.50 bits per heavy atom. The molecule has 0 unspecified atom stereocenters. The van der Waals surface area contributed by atoms with Crippen LogP contribution in [0, 0.1) is 0 Å². The molecule has 4 nitrogen and oxygen atoms in total. The Morgan fingerprint density at radius 1 is 1.11 bits per heavy atom. The van der Waals surface area contributed by atoms with Crippen molar-refractivity contribution in [3.63, 3.8) is 0 Å². The number of carbonyl (C=O) groups is 1. The second kappa shape index (κ2) is 6.14. The molecule has 6 heteroatoms. The van der Waals surface area contributed by atoms with Gasteiger partial charge in [0.25, 0.3) is 0 Å². The van der Waals surface area contributed by atoms with Gasteiger partial charge >= 0.3 is 11.9 Å². The molecule has 0 N–H and O–H groups in total. The van der Waals surface area contributed by atoms with Gasteiger partial charge in [0.2, 0.25) is 0 Å². The fourth-order valence-electron chi connectivity index (χ4n) is 1.41. The Kier molecular flexibility index (Phi) is 5.99. The summed E-state index contributed by atoms with van der Waals surface area (Å²) in [5, 5.41) is 0. The van der Waals surface area contributed by atoms with E-state index in [4.69, 9.17) is 13.6 Å². The van der Waals surface area contributed by atoms with Crippen LogP contribution in [0.1, 0.15) is 13.3 Å². The number of hydrogen-bond acceptors (Lipinski definition) is 4. The van der Waals surface area contributed by atoms with Crippen LogP contribution in [-0.2, 0) is 18.4 Å². The van der Waals surface area contributed by atoms with Crippen LogP contribution in [0.3, 0.4) is 0 Å². The van der Waals surface area contributed by atoms with Crippen molar-refractivity contribution in [2.45, 2.75) is 58.6 Å². The summed E-state index contributed by atoms with van der Waals surface area (Å²) in [5.74, 6) is -1.78. The van der Waals surface area contributed by atoms with Crippen LogP contribution in [-0.4, -0.2) is 28.6 Å². The van der Waals surface area contributed by atoms with Crippen molar-refractivity contribution in [2.75, 3.05) is 0 Å². The van der Waals surface area contributed by atoms with Crippen molar-refractivity contribution in [1.82, 2.24) is 0 Å². The van der Waals surface area contributed by atoms with Crippen molar-refractivity contribution in [3.05, 3.63) is 12.7 Å². The maximum atomic E-state index is 11.5. The lowest BCUT2D eigenvalue weighted by Crippen LogP contribution is -2.52. The molecule has 0 saturated heterocycles. The van der Waals surface area contributed by atoms with Crippen molar-refractivity contribution in [2.24, 2.45) is 0 Å². The van der Waals surface area contributed by atoms with Gasteiger partial charge in [-0.3, -0.25) is 0 Å². The monoisotopic (exact) mass is 290 g/mol. The van der Waals surface area contributed by atoms with Gasteiger partial charge in [0.15, 0.2) is 16.6 Å². The largest absolute Gasteiger partial charge is 0.406 e. The van der Waals surface area contributed by atoms with E-state index in [9.17, 15) is 4.79 Å². The molecule has 0 bridgehead atoms. The third-order valence-corrected chi connectivity index (χ3v) is 3.63. The highest BCUT2D eigenvalue weighted by Crippen LogP contribution is 2.29. The van der Waals surface area contributed by atoms with E-state index in [1.807, 2.05) is 46.2 Å². The highest BCUT2D eigenvalue weighted by Gasteiger charge is 2.42. The minimum Gasteiger partial charge on any atom is -0.406 e. The van der Waals surface area contributed by atoms with E-state index in [-0.39, 0.29) is 0 Å². The lowest BCUT2D eigenvalue weighted by Gasteiger charge is -2.40. The molecule has 0 spiro atoms. The topological polar surface area (TPSA) is 44.8 Å². The normalized spacial score (nSPS) is 13.3. The zero-order valence-electron chi connectivity index (χ0n) is 12.6. The fraction of sp³-hybridized carbons (Fsp3) is 0.750. The molecule has 0 rings (SSSR count). The zero-order valence-corrected chi connectivity index (χ0v) is 14.6. The highest BCUT2D eigenvalue weighted by atomic mass is 28.4. The standard InChI is InChI=1S/C12H26O4Si2/c1-9-11(13)14-12(10-2,15-17(3,4)5)16-18(6,7)8/h9H,1,10H2,2-8H3. The average molecular weight is 291 g/mol. The van der Waals surface area contributed by atoms with Crippen LogP contribution < -0.4 is 0 Å². The summed E-state index contributed by atoms with van der Waals surface area (Å²) in [6, 6.07) is 0. The predicted molar refractivity (Wildman–Crippen MR) is 78.2 cm³/mol. The quantitative estimate of drug-likeness (QED) is 0.312. The van der Waals surface area contributed by atoms with Gasteiger partial charge < -0.3 is 13.6 Å². The molecule has 0 fully saturated rings. The maximum Gasteiger partial charge on any atom is 0.334 e. The van der Waals surface area contributed by atoms with Gasteiger partial charge in [0.1, 0.15) is 0 Å². The molecule has 0 amide bonds. The summed E-state index contributed by atoms with van der Waals surface area (Å²) in [7, 11) is -3.81. The Hall–Kier alpha value is -0.436. The van der Waals surface area contributed by atoms with Crippen molar-refractivity contribution < 1.29 is 18.4 Å². The van der Waals surface area contributed by atoms with Gasteiger partial charge in [0, 0.05) is 12.5 Å². The minimum atomic E-state index is -1.91. The van der Waals surface area contributed by atoms with Crippen molar-refractivity contribution >= 4 is 22.6 Å². The molecule has 0 heterocycles. The molecular formula is C12H26O4Si2. The van der Waals surface area contributed by atoms with Gasteiger partial charge in [-0.15, -0.1) is 0 Å². The van der Waals surface area contributed by atoms with Crippen LogP contribution >= 0.6 is 0 Å². The van der Waals surface area contributed by atoms with Crippen LogP contribution in [0.15, 0.2) is 12.7 Å². The molecule has 18 heavy (non-hydrogen) atoms. The summed E-state index contributed by atoms with van der Waals surface area (Å²) in [6.45, 7) is 17.5. The first-order valence-electron chi connectivity index (χ1n) is 6.19. The predicted octanol–water partition coefficient (Wildman–Crippen LogP) is 3.48. The second-order valence-electron chi connectivity index (χ2n) is 6.09. The number of rotatable bonds is 7. The molecular weight excluding hydrogens is 264 g/mol. The van der Waals surface area contributed by atoms with E-state index in [0.29, 0.717) is 6.42 Å². The first kappa shape index (κ1) is 17.6. The lowest BCUT2D eigenvalue weighted by atomic mass is 10.4. The molecule has 0 aliphatic carbocycles. The summed E-state index contributed by atoms with van der Waals surface area (Å²) >= 11 is 0. The number of esters is 1. The van der Waals surface area contributed by atoms with E-state index in [0.717, 1.165) is 6.08 Å². The van der Waals surface area contributed by atoms with Gasteiger partial charge in [-0.05, 0) is 39.3 Å². The smallest absolute Gasteiger partial charge is 0.334 e. The van der Waals surface area contributed by atoms with Crippen molar-refractivity contribution in [3.8, 4) is 0 Å². The SMILES string of the molecule is C=CC(=O)OC(CC)(O[Si](C)(C)C)O[Si](C)(C)C. The van der Waals surface area contributed by atoms with Gasteiger partial charge in [0.05, 0.1) is 0 Å². The Balaban J connectivity index is 5.19. The summed E-state index contributed by atoms with van der Waals surface area (Å²) < 4.78 is 17.3. The van der Waals surface area contributed by atoms with Gasteiger partial charge in [-0.1, -0.05) is 13.5 Å². The third-order valence-electron chi connectivity index (χ3n) is 1.78. The minimum absolute atomic E-state index is 0.459. The number of ether oxygens (including phenoxy) is 1. The molecule has 0 aliphatic rings. The van der Waals surface area contributed by atoms with Crippen LogP contribution in [0.4, 0.5) is 0 Å². The highest BCUT2D eigenvalue weighted by molar-refractivity contribution is 6.70. The Bertz CT molecular complexity index is 286. The Morgan fingerprint density at radius 3 is 1.72 bits per heavy atom. The van der Waals surface area contributed by atoms with E-state index < -0.39 is 28.6 Å².